The van der Waals surface area contributed by atoms with E-state index in [9.17, 15) is 5.11 Å². The SMILES string of the molecule is CC(C)(C)N(CCNCc1ccc(O)cc1)C(C)(C)C. The van der Waals surface area contributed by atoms with Gasteiger partial charge < -0.3 is 10.4 Å². The van der Waals surface area contributed by atoms with Gasteiger partial charge in [-0.25, -0.2) is 0 Å². The lowest BCUT2D eigenvalue weighted by atomic mass is 9.96. The van der Waals surface area contributed by atoms with Gasteiger partial charge in [0, 0.05) is 30.7 Å². The third-order valence-electron chi connectivity index (χ3n) is 3.40. The molecular weight excluding hydrogens is 248 g/mol. The van der Waals surface area contributed by atoms with E-state index in [0.29, 0.717) is 5.75 Å². The van der Waals surface area contributed by atoms with Gasteiger partial charge in [0.05, 0.1) is 0 Å². The van der Waals surface area contributed by atoms with Gasteiger partial charge in [0.15, 0.2) is 0 Å². The van der Waals surface area contributed by atoms with Crippen molar-refractivity contribution in [1.82, 2.24) is 10.2 Å². The highest BCUT2D eigenvalue weighted by atomic mass is 16.3. The lowest BCUT2D eigenvalue weighted by Gasteiger charge is -2.45. The van der Waals surface area contributed by atoms with Crippen LogP contribution in [0, 0.1) is 0 Å². The summed E-state index contributed by atoms with van der Waals surface area (Å²) in [7, 11) is 0. The zero-order valence-electron chi connectivity index (χ0n) is 13.8. The number of hydrogen-bond acceptors (Lipinski definition) is 3. The second-order valence-electron chi connectivity index (χ2n) is 7.34. The third-order valence-corrected chi connectivity index (χ3v) is 3.40. The summed E-state index contributed by atoms with van der Waals surface area (Å²) in [5.74, 6) is 0.320. The molecule has 2 N–H and O–H groups in total. The van der Waals surface area contributed by atoms with Crippen LogP contribution in [0.1, 0.15) is 47.1 Å². The molecule has 0 fully saturated rings. The minimum absolute atomic E-state index is 0.165. The zero-order chi connectivity index (χ0) is 15.4. The zero-order valence-corrected chi connectivity index (χ0v) is 13.8. The van der Waals surface area contributed by atoms with Crippen molar-refractivity contribution in [3.8, 4) is 5.75 Å². The molecule has 3 heteroatoms. The van der Waals surface area contributed by atoms with E-state index < -0.39 is 0 Å². The van der Waals surface area contributed by atoms with Crippen molar-refractivity contribution in [3.63, 3.8) is 0 Å². The quantitative estimate of drug-likeness (QED) is 0.811. The van der Waals surface area contributed by atoms with Crippen LogP contribution in [0.2, 0.25) is 0 Å². The summed E-state index contributed by atoms with van der Waals surface area (Å²) in [5, 5.41) is 12.7. The highest BCUT2D eigenvalue weighted by molar-refractivity contribution is 5.25. The molecule has 20 heavy (non-hydrogen) atoms. The first-order chi connectivity index (χ1) is 9.10. The molecular formula is C17H30N2O. The van der Waals surface area contributed by atoms with Gasteiger partial charge in [0.25, 0.3) is 0 Å². The summed E-state index contributed by atoms with van der Waals surface area (Å²) in [6, 6.07) is 7.36. The monoisotopic (exact) mass is 278 g/mol. The lowest BCUT2D eigenvalue weighted by Crippen LogP contribution is -2.54. The van der Waals surface area contributed by atoms with Crippen molar-refractivity contribution in [1.29, 1.82) is 0 Å². The van der Waals surface area contributed by atoms with Gasteiger partial charge in [0.1, 0.15) is 5.75 Å². The van der Waals surface area contributed by atoms with E-state index in [1.54, 1.807) is 12.1 Å². The van der Waals surface area contributed by atoms with Crippen molar-refractivity contribution >= 4 is 0 Å². The molecule has 0 aromatic heterocycles. The Morgan fingerprint density at radius 2 is 1.45 bits per heavy atom. The Morgan fingerprint density at radius 1 is 0.950 bits per heavy atom. The molecule has 0 saturated heterocycles. The maximum Gasteiger partial charge on any atom is 0.115 e. The molecule has 1 rings (SSSR count). The fraction of sp³-hybridized carbons (Fsp3) is 0.647. The molecule has 0 radical (unpaired) electrons. The third kappa shape index (κ3) is 5.51. The number of rotatable bonds is 5. The van der Waals surface area contributed by atoms with Gasteiger partial charge in [-0.3, -0.25) is 4.90 Å². The summed E-state index contributed by atoms with van der Waals surface area (Å²) in [6.07, 6.45) is 0. The fourth-order valence-electron chi connectivity index (χ4n) is 2.71. The second-order valence-corrected chi connectivity index (χ2v) is 7.34. The predicted octanol–water partition coefficient (Wildman–Crippen LogP) is 3.38. The molecule has 0 amide bonds. The molecule has 0 aliphatic rings. The number of nitrogens with zero attached hydrogens (tertiary/aromatic N) is 1. The number of hydrogen-bond donors (Lipinski definition) is 2. The van der Waals surface area contributed by atoms with Crippen LogP contribution in [0.15, 0.2) is 24.3 Å². The average Bonchev–Trinajstić information content (AvgIpc) is 2.27. The molecule has 114 valence electrons. The first kappa shape index (κ1) is 17.0. The Balaban J connectivity index is 2.44. The van der Waals surface area contributed by atoms with E-state index in [2.05, 4.69) is 51.8 Å². The number of benzene rings is 1. The molecule has 0 saturated carbocycles. The Kier molecular flexibility index (Phi) is 5.60. The van der Waals surface area contributed by atoms with Crippen LogP contribution in [0.3, 0.4) is 0 Å². The van der Waals surface area contributed by atoms with Crippen LogP contribution >= 0.6 is 0 Å². The molecule has 0 atom stereocenters. The Bertz CT molecular complexity index is 384. The molecule has 0 aliphatic heterocycles. The normalized spacial score (nSPS) is 12.9. The van der Waals surface area contributed by atoms with Gasteiger partial charge in [-0.15, -0.1) is 0 Å². The standard InChI is InChI=1S/C17H30N2O/c1-16(2,3)19(17(4,5)6)12-11-18-13-14-7-9-15(20)10-8-14/h7-10,18,20H,11-13H2,1-6H3. The minimum atomic E-state index is 0.165. The molecule has 0 aliphatic carbocycles. The van der Waals surface area contributed by atoms with E-state index in [-0.39, 0.29) is 11.1 Å². The van der Waals surface area contributed by atoms with Gasteiger partial charge >= 0.3 is 0 Å². The smallest absolute Gasteiger partial charge is 0.115 e. The maximum absolute atomic E-state index is 9.25. The van der Waals surface area contributed by atoms with Crippen molar-refractivity contribution in [2.75, 3.05) is 13.1 Å². The first-order valence-electron chi connectivity index (χ1n) is 7.37. The first-order valence-corrected chi connectivity index (χ1v) is 7.37. The van der Waals surface area contributed by atoms with E-state index >= 15 is 0 Å². The van der Waals surface area contributed by atoms with Crippen LogP contribution in [-0.2, 0) is 6.54 Å². The highest BCUT2D eigenvalue weighted by Gasteiger charge is 2.30. The van der Waals surface area contributed by atoms with E-state index in [0.717, 1.165) is 19.6 Å². The van der Waals surface area contributed by atoms with Gasteiger partial charge in [-0.05, 0) is 59.2 Å². The summed E-state index contributed by atoms with van der Waals surface area (Å²) in [5.41, 5.74) is 1.53. The van der Waals surface area contributed by atoms with Gasteiger partial charge in [-0.1, -0.05) is 12.1 Å². The fourth-order valence-corrected chi connectivity index (χ4v) is 2.71. The molecule has 0 unspecified atom stereocenters. The Hall–Kier alpha value is -1.06. The number of aromatic hydroxyl groups is 1. The van der Waals surface area contributed by atoms with Crippen LogP contribution in [0.4, 0.5) is 0 Å². The number of phenols is 1. The van der Waals surface area contributed by atoms with Crippen LogP contribution in [0.25, 0.3) is 0 Å². The predicted molar refractivity (Wildman–Crippen MR) is 86.0 cm³/mol. The van der Waals surface area contributed by atoms with Crippen molar-refractivity contribution < 1.29 is 5.11 Å². The average molecular weight is 278 g/mol. The number of phenolic OH excluding ortho intramolecular Hbond substituents is 1. The van der Waals surface area contributed by atoms with E-state index in [1.807, 2.05) is 12.1 Å². The van der Waals surface area contributed by atoms with E-state index in [1.165, 1.54) is 5.56 Å². The Labute approximate surface area is 124 Å². The van der Waals surface area contributed by atoms with Crippen molar-refractivity contribution in [3.05, 3.63) is 29.8 Å². The molecule has 0 heterocycles. The van der Waals surface area contributed by atoms with Gasteiger partial charge in [0.2, 0.25) is 0 Å². The summed E-state index contributed by atoms with van der Waals surface area (Å²) >= 11 is 0. The van der Waals surface area contributed by atoms with Crippen molar-refractivity contribution in [2.45, 2.75) is 59.2 Å². The summed E-state index contributed by atoms with van der Waals surface area (Å²) < 4.78 is 0. The van der Waals surface area contributed by atoms with Crippen LogP contribution < -0.4 is 5.32 Å². The topological polar surface area (TPSA) is 35.5 Å². The molecule has 1 aromatic rings. The summed E-state index contributed by atoms with van der Waals surface area (Å²) in [6.45, 7) is 16.4. The molecule has 3 nitrogen and oxygen atoms in total. The minimum Gasteiger partial charge on any atom is -0.508 e. The molecule has 1 aromatic carbocycles. The molecule has 0 spiro atoms. The van der Waals surface area contributed by atoms with Crippen LogP contribution in [0.5, 0.6) is 5.75 Å². The Morgan fingerprint density at radius 3 is 1.90 bits per heavy atom. The lowest BCUT2D eigenvalue weighted by molar-refractivity contribution is 0.0396. The maximum atomic E-state index is 9.25. The van der Waals surface area contributed by atoms with Crippen molar-refractivity contribution in [2.24, 2.45) is 0 Å². The van der Waals surface area contributed by atoms with Crippen LogP contribution in [-0.4, -0.2) is 34.2 Å². The number of nitrogens with one attached hydrogen (secondary N) is 1. The van der Waals surface area contributed by atoms with E-state index in [4.69, 9.17) is 0 Å². The van der Waals surface area contributed by atoms with Gasteiger partial charge in [-0.2, -0.15) is 0 Å². The second kappa shape index (κ2) is 6.59. The highest BCUT2D eigenvalue weighted by Crippen LogP contribution is 2.23. The summed E-state index contributed by atoms with van der Waals surface area (Å²) in [4.78, 5) is 2.52. The molecule has 0 bridgehead atoms. The largest absolute Gasteiger partial charge is 0.508 e.